The summed E-state index contributed by atoms with van der Waals surface area (Å²) >= 11 is 0. The minimum absolute atomic E-state index is 0.0341. The third kappa shape index (κ3) is 4.61. The quantitative estimate of drug-likeness (QED) is 0.434. The van der Waals surface area contributed by atoms with Gasteiger partial charge in [-0.05, 0) is 12.3 Å². The lowest BCUT2D eigenvalue weighted by molar-refractivity contribution is -0.137. The van der Waals surface area contributed by atoms with Crippen molar-refractivity contribution >= 4 is 23.6 Å². The van der Waals surface area contributed by atoms with Gasteiger partial charge in [-0.2, -0.15) is 0 Å². The van der Waals surface area contributed by atoms with Gasteiger partial charge in [0.1, 0.15) is 6.04 Å². The van der Waals surface area contributed by atoms with Gasteiger partial charge in [-0.25, -0.2) is 0 Å². The molecular weight excluding hydrogens is 264 g/mol. The van der Waals surface area contributed by atoms with Gasteiger partial charge in [0.05, 0.1) is 12.6 Å². The van der Waals surface area contributed by atoms with Gasteiger partial charge >= 0.3 is 0 Å². The van der Waals surface area contributed by atoms with Crippen LogP contribution in [0.2, 0.25) is 0 Å². The standard InChI is InChI=1S/C12H20N4O4/c1-6(2)10(13)12(20)14-5-9(18)15-7-3-4-8(17)16-11(7)19/h6-7,10H,3-5,13H2,1-2H3,(H,14,20)(H,15,18)(H,16,17,19)/t7?,10-/m0/s1. The Morgan fingerprint density at radius 2 is 2.05 bits per heavy atom. The van der Waals surface area contributed by atoms with E-state index in [4.69, 9.17) is 5.73 Å². The van der Waals surface area contributed by atoms with E-state index in [1.807, 2.05) is 0 Å². The lowest BCUT2D eigenvalue weighted by Gasteiger charge is -2.22. The molecular formula is C12H20N4O4. The number of rotatable bonds is 5. The normalized spacial score (nSPS) is 20.3. The predicted octanol–water partition coefficient (Wildman–Crippen LogP) is -1.99. The minimum Gasteiger partial charge on any atom is -0.346 e. The number of hydrogen-bond donors (Lipinski definition) is 4. The van der Waals surface area contributed by atoms with Crippen LogP contribution in [-0.4, -0.2) is 42.3 Å². The average molecular weight is 284 g/mol. The van der Waals surface area contributed by atoms with Gasteiger partial charge < -0.3 is 16.4 Å². The molecule has 1 aliphatic rings. The zero-order valence-corrected chi connectivity index (χ0v) is 11.6. The van der Waals surface area contributed by atoms with E-state index in [0.717, 1.165) is 0 Å². The third-order valence-electron chi connectivity index (χ3n) is 3.02. The molecule has 0 bridgehead atoms. The predicted molar refractivity (Wildman–Crippen MR) is 70.1 cm³/mol. The first-order valence-electron chi connectivity index (χ1n) is 6.47. The first-order valence-corrected chi connectivity index (χ1v) is 6.47. The van der Waals surface area contributed by atoms with Gasteiger partial charge in [0.25, 0.3) is 0 Å². The highest BCUT2D eigenvalue weighted by Crippen LogP contribution is 2.03. The summed E-state index contributed by atoms with van der Waals surface area (Å²) in [5, 5.41) is 6.99. The van der Waals surface area contributed by atoms with Crippen LogP contribution in [0, 0.1) is 5.92 Å². The summed E-state index contributed by atoms with van der Waals surface area (Å²) in [7, 11) is 0. The van der Waals surface area contributed by atoms with E-state index in [-0.39, 0.29) is 31.2 Å². The van der Waals surface area contributed by atoms with E-state index in [9.17, 15) is 19.2 Å². The van der Waals surface area contributed by atoms with Crippen LogP contribution in [0.25, 0.3) is 0 Å². The van der Waals surface area contributed by atoms with Gasteiger partial charge in [0, 0.05) is 6.42 Å². The molecule has 0 aromatic carbocycles. The van der Waals surface area contributed by atoms with Gasteiger partial charge in [0.15, 0.2) is 0 Å². The highest BCUT2D eigenvalue weighted by Gasteiger charge is 2.28. The van der Waals surface area contributed by atoms with Crippen LogP contribution >= 0.6 is 0 Å². The first-order chi connectivity index (χ1) is 9.31. The topological polar surface area (TPSA) is 130 Å². The van der Waals surface area contributed by atoms with Crippen molar-refractivity contribution in [3.63, 3.8) is 0 Å². The van der Waals surface area contributed by atoms with E-state index < -0.39 is 29.8 Å². The summed E-state index contributed by atoms with van der Waals surface area (Å²) in [6.45, 7) is 3.35. The van der Waals surface area contributed by atoms with Crippen molar-refractivity contribution < 1.29 is 19.2 Å². The molecule has 20 heavy (non-hydrogen) atoms. The summed E-state index contributed by atoms with van der Waals surface area (Å²) in [6, 6.07) is -1.42. The molecule has 5 N–H and O–H groups in total. The lowest BCUT2D eigenvalue weighted by Crippen LogP contribution is -2.54. The third-order valence-corrected chi connectivity index (χ3v) is 3.02. The molecule has 1 unspecified atom stereocenters. The Bertz CT molecular complexity index is 422. The molecule has 4 amide bonds. The molecule has 8 heteroatoms. The smallest absolute Gasteiger partial charge is 0.249 e. The molecule has 1 heterocycles. The Hall–Kier alpha value is -1.96. The second-order valence-corrected chi connectivity index (χ2v) is 5.06. The van der Waals surface area contributed by atoms with Gasteiger partial charge in [-0.15, -0.1) is 0 Å². The number of amides is 4. The monoisotopic (exact) mass is 284 g/mol. The second-order valence-electron chi connectivity index (χ2n) is 5.06. The fourth-order valence-corrected chi connectivity index (χ4v) is 1.66. The molecule has 1 aliphatic heterocycles. The summed E-state index contributed by atoms with van der Waals surface area (Å²) < 4.78 is 0. The van der Waals surface area contributed by atoms with Crippen molar-refractivity contribution in [1.29, 1.82) is 0 Å². The lowest BCUT2D eigenvalue weighted by atomic mass is 10.1. The molecule has 0 aromatic rings. The zero-order valence-electron chi connectivity index (χ0n) is 11.6. The van der Waals surface area contributed by atoms with Crippen LogP contribution in [0.1, 0.15) is 26.7 Å². The van der Waals surface area contributed by atoms with E-state index in [0.29, 0.717) is 0 Å². The molecule has 0 saturated carbocycles. The number of nitrogens with one attached hydrogen (secondary N) is 3. The number of piperidine rings is 1. The Balaban J connectivity index is 2.35. The molecule has 1 fully saturated rings. The summed E-state index contributed by atoms with van der Waals surface area (Å²) in [6.07, 6.45) is 0.442. The summed E-state index contributed by atoms with van der Waals surface area (Å²) in [5.74, 6) is -1.83. The maximum absolute atomic E-state index is 11.6. The maximum atomic E-state index is 11.6. The van der Waals surface area contributed by atoms with Crippen molar-refractivity contribution in [3.8, 4) is 0 Å². The Morgan fingerprint density at radius 3 is 2.60 bits per heavy atom. The van der Waals surface area contributed by atoms with E-state index in [1.165, 1.54) is 0 Å². The van der Waals surface area contributed by atoms with Crippen LogP contribution in [0.4, 0.5) is 0 Å². The van der Waals surface area contributed by atoms with Crippen LogP contribution in [-0.2, 0) is 19.2 Å². The molecule has 0 spiro atoms. The van der Waals surface area contributed by atoms with Crippen molar-refractivity contribution in [2.24, 2.45) is 11.7 Å². The fourth-order valence-electron chi connectivity index (χ4n) is 1.66. The van der Waals surface area contributed by atoms with Crippen molar-refractivity contribution in [2.75, 3.05) is 6.54 Å². The van der Waals surface area contributed by atoms with Crippen LogP contribution < -0.4 is 21.7 Å². The van der Waals surface area contributed by atoms with Crippen molar-refractivity contribution in [2.45, 2.75) is 38.8 Å². The number of nitrogens with two attached hydrogens (primary N) is 1. The highest BCUT2D eigenvalue weighted by atomic mass is 16.2. The molecule has 1 saturated heterocycles. The first kappa shape index (κ1) is 16.1. The summed E-state index contributed by atoms with van der Waals surface area (Å²) in [4.78, 5) is 45.5. The van der Waals surface area contributed by atoms with E-state index in [1.54, 1.807) is 13.8 Å². The molecule has 0 aliphatic carbocycles. The zero-order chi connectivity index (χ0) is 15.3. The Kier molecular flexibility index (Phi) is 5.63. The number of carbonyl (C=O) groups is 4. The average Bonchev–Trinajstić information content (AvgIpc) is 2.38. The molecule has 0 radical (unpaired) electrons. The number of hydrogen-bond acceptors (Lipinski definition) is 5. The Morgan fingerprint density at radius 1 is 1.40 bits per heavy atom. The number of carbonyl (C=O) groups excluding carboxylic acids is 4. The van der Waals surface area contributed by atoms with Crippen molar-refractivity contribution in [1.82, 2.24) is 16.0 Å². The molecule has 112 valence electrons. The molecule has 8 nitrogen and oxygen atoms in total. The Labute approximate surface area is 116 Å². The summed E-state index contributed by atoms with van der Waals surface area (Å²) in [5.41, 5.74) is 5.62. The van der Waals surface area contributed by atoms with Crippen LogP contribution in [0.5, 0.6) is 0 Å². The second kappa shape index (κ2) is 6.99. The van der Waals surface area contributed by atoms with Gasteiger partial charge in [-0.1, -0.05) is 13.8 Å². The minimum atomic E-state index is -0.740. The molecule has 0 aromatic heterocycles. The number of imide groups is 1. The van der Waals surface area contributed by atoms with E-state index >= 15 is 0 Å². The van der Waals surface area contributed by atoms with E-state index in [2.05, 4.69) is 16.0 Å². The molecule has 1 rings (SSSR count). The van der Waals surface area contributed by atoms with Gasteiger partial charge in [0.2, 0.25) is 23.6 Å². The maximum Gasteiger partial charge on any atom is 0.249 e. The van der Waals surface area contributed by atoms with Crippen LogP contribution in [0.3, 0.4) is 0 Å². The van der Waals surface area contributed by atoms with Gasteiger partial charge in [-0.3, -0.25) is 24.5 Å². The largest absolute Gasteiger partial charge is 0.346 e. The van der Waals surface area contributed by atoms with Crippen LogP contribution in [0.15, 0.2) is 0 Å². The molecule has 2 atom stereocenters. The fraction of sp³-hybridized carbons (Fsp3) is 0.667. The highest BCUT2D eigenvalue weighted by molar-refractivity contribution is 6.01. The SMILES string of the molecule is CC(C)[C@H](N)C(=O)NCC(=O)NC1CCC(=O)NC1=O. The van der Waals surface area contributed by atoms with Crippen molar-refractivity contribution in [3.05, 3.63) is 0 Å².